The number of hydrogen-bond donors (Lipinski definition) is 0. The SMILES string of the molecule is CCCCC/C=C\C=C/CCCCCCCCCCCCC(=O)OCC(COC(=O)CC/C=C\C/C=C\CCCCCCCC)OC(=O)CCCCCCCCCCCCCCCCCC. The molecular formula is C60H108O6. The van der Waals surface area contributed by atoms with Crippen LogP contribution < -0.4 is 0 Å². The Morgan fingerprint density at radius 2 is 0.621 bits per heavy atom. The third-order valence-corrected chi connectivity index (χ3v) is 12.6. The zero-order valence-electron chi connectivity index (χ0n) is 44.0. The van der Waals surface area contributed by atoms with Crippen LogP contribution in [0.1, 0.15) is 297 Å². The standard InChI is InChI=1S/C60H108O6/c1-4-7-10-13-16-19-22-25-27-29-30-31-33-35-38-41-44-47-50-53-59(62)65-56-57(55-64-58(61)52-49-46-43-40-37-34-24-21-18-15-12-9-6-3)66-60(63)54-51-48-45-42-39-36-32-28-26-23-20-17-14-11-8-5-2/h16,19,22,25,34,37,43,46,57H,4-15,17-18,20-21,23-24,26-33,35-36,38-42,44-45,47-56H2,1-3H3/b19-16-,25-22-,37-34-,46-43-. The summed E-state index contributed by atoms with van der Waals surface area (Å²) in [5.74, 6) is -0.949. The van der Waals surface area contributed by atoms with Crippen molar-refractivity contribution < 1.29 is 28.6 Å². The van der Waals surface area contributed by atoms with Crippen molar-refractivity contribution in [2.45, 2.75) is 303 Å². The van der Waals surface area contributed by atoms with Crippen molar-refractivity contribution in [1.82, 2.24) is 0 Å². The number of allylic oxidation sites excluding steroid dienone is 8. The lowest BCUT2D eigenvalue weighted by molar-refractivity contribution is -0.166. The van der Waals surface area contributed by atoms with Crippen molar-refractivity contribution in [2.24, 2.45) is 0 Å². The van der Waals surface area contributed by atoms with Gasteiger partial charge in [-0.05, 0) is 64.2 Å². The van der Waals surface area contributed by atoms with Gasteiger partial charge in [-0.15, -0.1) is 0 Å². The molecule has 0 fully saturated rings. The fraction of sp³-hybridized carbons (Fsp3) is 0.817. The van der Waals surface area contributed by atoms with Gasteiger partial charge in [-0.3, -0.25) is 14.4 Å². The van der Waals surface area contributed by atoms with Crippen molar-refractivity contribution in [2.75, 3.05) is 13.2 Å². The van der Waals surface area contributed by atoms with Crippen molar-refractivity contribution >= 4 is 17.9 Å². The second-order valence-corrected chi connectivity index (χ2v) is 19.2. The van der Waals surface area contributed by atoms with E-state index in [2.05, 4.69) is 63.3 Å². The van der Waals surface area contributed by atoms with Gasteiger partial charge in [-0.2, -0.15) is 0 Å². The summed E-state index contributed by atoms with van der Waals surface area (Å²) in [5.41, 5.74) is 0. The molecule has 0 aromatic heterocycles. The minimum atomic E-state index is -0.794. The van der Waals surface area contributed by atoms with Gasteiger partial charge in [0, 0.05) is 19.3 Å². The summed E-state index contributed by atoms with van der Waals surface area (Å²) in [5, 5.41) is 0. The Hall–Kier alpha value is -2.63. The van der Waals surface area contributed by atoms with Gasteiger partial charge in [-0.25, -0.2) is 0 Å². The van der Waals surface area contributed by atoms with Crippen molar-refractivity contribution in [1.29, 1.82) is 0 Å². The average molecular weight is 926 g/mol. The van der Waals surface area contributed by atoms with Crippen molar-refractivity contribution in [3.8, 4) is 0 Å². The third-order valence-electron chi connectivity index (χ3n) is 12.6. The first kappa shape index (κ1) is 63.4. The zero-order valence-corrected chi connectivity index (χ0v) is 44.0. The Morgan fingerprint density at radius 1 is 0.318 bits per heavy atom. The van der Waals surface area contributed by atoms with Crippen LogP contribution in [-0.4, -0.2) is 37.2 Å². The third kappa shape index (κ3) is 52.3. The number of rotatable bonds is 52. The molecule has 0 amide bonds. The summed E-state index contributed by atoms with van der Waals surface area (Å²) >= 11 is 0. The lowest BCUT2D eigenvalue weighted by Crippen LogP contribution is -2.30. The highest BCUT2D eigenvalue weighted by atomic mass is 16.6. The predicted molar refractivity (Wildman–Crippen MR) is 284 cm³/mol. The number of hydrogen-bond acceptors (Lipinski definition) is 6. The molecule has 0 bridgehead atoms. The van der Waals surface area contributed by atoms with E-state index in [1.165, 1.54) is 199 Å². The first-order chi connectivity index (χ1) is 32.5. The fourth-order valence-electron chi connectivity index (χ4n) is 8.25. The maximum atomic E-state index is 12.8. The van der Waals surface area contributed by atoms with Crippen LogP contribution in [0.3, 0.4) is 0 Å². The lowest BCUT2D eigenvalue weighted by atomic mass is 10.0. The molecule has 0 aliphatic rings. The van der Waals surface area contributed by atoms with Crippen molar-refractivity contribution in [3.05, 3.63) is 48.6 Å². The van der Waals surface area contributed by atoms with Gasteiger partial charge in [-0.1, -0.05) is 262 Å². The van der Waals surface area contributed by atoms with Gasteiger partial charge in [0.15, 0.2) is 6.10 Å². The molecule has 384 valence electrons. The van der Waals surface area contributed by atoms with Crippen LogP contribution in [-0.2, 0) is 28.6 Å². The molecule has 0 aliphatic carbocycles. The summed E-state index contributed by atoms with van der Waals surface area (Å²) in [4.78, 5) is 38.1. The Bertz CT molecular complexity index is 1150. The number of unbranched alkanes of at least 4 members (excludes halogenated alkanes) is 34. The highest BCUT2D eigenvalue weighted by Crippen LogP contribution is 2.16. The van der Waals surface area contributed by atoms with E-state index in [4.69, 9.17) is 14.2 Å². The van der Waals surface area contributed by atoms with E-state index in [1.807, 2.05) is 6.08 Å². The molecule has 0 N–H and O–H groups in total. The van der Waals surface area contributed by atoms with Crippen molar-refractivity contribution in [3.63, 3.8) is 0 Å². The number of esters is 3. The first-order valence-electron chi connectivity index (χ1n) is 28.7. The molecule has 0 saturated carbocycles. The molecule has 0 aromatic carbocycles. The minimum Gasteiger partial charge on any atom is -0.462 e. The highest BCUT2D eigenvalue weighted by Gasteiger charge is 2.19. The van der Waals surface area contributed by atoms with E-state index in [1.54, 1.807) is 0 Å². The molecule has 0 rings (SSSR count). The second kappa shape index (κ2) is 55.0. The molecule has 0 saturated heterocycles. The van der Waals surface area contributed by atoms with Gasteiger partial charge < -0.3 is 14.2 Å². The molecule has 0 radical (unpaired) electrons. The van der Waals surface area contributed by atoms with Crippen LogP contribution in [0.2, 0.25) is 0 Å². The van der Waals surface area contributed by atoms with Gasteiger partial charge in [0.1, 0.15) is 13.2 Å². The molecule has 6 heteroatoms. The average Bonchev–Trinajstić information content (AvgIpc) is 3.31. The second-order valence-electron chi connectivity index (χ2n) is 19.2. The van der Waals surface area contributed by atoms with E-state index >= 15 is 0 Å². The smallest absolute Gasteiger partial charge is 0.306 e. The highest BCUT2D eigenvalue weighted by molar-refractivity contribution is 5.71. The van der Waals surface area contributed by atoms with Gasteiger partial charge in [0.25, 0.3) is 0 Å². The van der Waals surface area contributed by atoms with Crippen LogP contribution in [0.5, 0.6) is 0 Å². The summed E-state index contributed by atoms with van der Waals surface area (Å²) in [6.07, 6.45) is 66.8. The van der Waals surface area contributed by atoms with Crippen LogP contribution >= 0.6 is 0 Å². The normalized spacial score (nSPS) is 12.3. The quantitative estimate of drug-likeness (QED) is 0.0199. The van der Waals surface area contributed by atoms with E-state index < -0.39 is 6.10 Å². The van der Waals surface area contributed by atoms with E-state index in [9.17, 15) is 14.4 Å². The van der Waals surface area contributed by atoms with Crippen LogP contribution in [0.4, 0.5) is 0 Å². The molecule has 1 atom stereocenters. The first-order valence-corrected chi connectivity index (χ1v) is 28.7. The summed E-state index contributed by atoms with van der Waals surface area (Å²) in [6, 6.07) is 0. The lowest BCUT2D eigenvalue weighted by Gasteiger charge is -2.18. The molecule has 66 heavy (non-hydrogen) atoms. The Labute approximate surface area is 409 Å². The molecule has 0 heterocycles. The number of ether oxygens (including phenoxy) is 3. The Morgan fingerprint density at radius 3 is 1.05 bits per heavy atom. The molecule has 0 aromatic rings. The topological polar surface area (TPSA) is 78.9 Å². The summed E-state index contributed by atoms with van der Waals surface area (Å²) in [7, 11) is 0. The van der Waals surface area contributed by atoms with Gasteiger partial charge in [0.05, 0.1) is 0 Å². The van der Waals surface area contributed by atoms with Crippen LogP contribution in [0.15, 0.2) is 48.6 Å². The zero-order chi connectivity index (χ0) is 47.9. The Balaban J connectivity index is 4.37. The Kier molecular flexibility index (Phi) is 52.8. The van der Waals surface area contributed by atoms with Gasteiger partial charge >= 0.3 is 17.9 Å². The number of carbonyl (C=O) groups is 3. The van der Waals surface area contributed by atoms with Crippen LogP contribution in [0.25, 0.3) is 0 Å². The fourth-order valence-corrected chi connectivity index (χ4v) is 8.25. The summed E-state index contributed by atoms with van der Waals surface area (Å²) < 4.78 is 16.8. The molecule has 6 nitrogen and oxygen atoms in total. The van der Waals surface area contributed by atoms with Crippen LogP contribution in [0, 0.1) is 0 Å². The summed E-state index contributed by atoms with van der Waals surface area (Å²) in [6.45, 7) is 6.58. The predicted octanol–water partition coefficient (Wildman–Crippen LogP) is 19.0. The van der Waals surface area contributed by atoms with E-state index in [0.717, 1.165) is 51.4 Å². The van der Waals surface area contributed by atoms with Gasteiger partial charge in [0.2, 0.25) is 0 Å². The maximum Gasteiger partial charge on any atom is 0.306 e. The van der Waals surface area contributed by atoms with E-state index in [-0.39, 0.29) is 37.5 Å². The monoisotopic (exact) mass is 925 g/mol. The number of carbonyl (C=O) groups excluding carboxylic acids is 3. The maximum absolute atomic E-state index is 12.8. The molecule has 0 aliphatic heterocycles. The minimum absolute atomic E-state index is 0.0890. The molecule has 0 spiro atoms. The molecule has 1 unspecified atom stereocenters. The largest absolute Gasteiger partial charge is 0.462 e. The molecular weight excluding hydrogens is 817 g/mol. The van der Waals surface area contributed by atoms with E-state index in [0.29, 0.717) is 19.3 Å².